The minimum atomic E-state index is -2.79. The first-order valence-electron chi connectivity index (χ1n) is 5.45. The summed E-state index contributed by atoms with van der Waals surface area (Å²) in [5.74, 6) is 0.624. The van der Waals surface area contributed by atoms with E-state index in [1.54, 1.807) is 0 Å². The van der Waals surface area contributed by atoms with Gasteiger partial charge in [0.1, 0.15) is 0 Å². The molecule has 1 aliphatic rings. The van der Waals surface area contributed by atoms with Crippen LogP contribution in [-0.4, -0.2) is 50.0 Å². The summed E-state index contributed by atoms with van der Waals surface area (Å²) >= 11 is 0. The van der Waals surface area contributed by atoms with Gasteiger partial charge in [-0.25, -0.2) is 8.42 Å². The minimum Gasteiger partial charge on any atom is -0.324 e. The highest BCUT2D eigenvalue weighted by Crippen LogP contribution is 2.18. The SMILES string of the molecule is CCC(C)(N)CN(C)C1CCS(=O)(=O)C1. The Hall–Kier alpha value is -0.130. The predicted molar refractivity (Wildman–Crippen MR) is 62.6 cm³/mol. The van der Waals surface area contributed by atoms with Gasteiger partial charge in [0.2, 0.25) is 0 Å². The van der Waals surface area contributed by atoms with Gasteiger partial charge in [0.25, 0.3) is 0 Å². The molecule has 0 bridgehead atoms. The number of hydrogen-bond donors (Lipinski definition) is 1. The summed E-state index contributed by atoms with van der Waals surface area (Å²) in [6, 6.07) is 0.157. The molecule has 0 spiro atoms. The van der Waals surface area contributed by atoms with Crippen molar-refractivity contribution in [3.63, 3.8) is 0 Å². The first-order chi connectivity index (χ1) is 6.76. The number of nitrogens with zero attached hydrogens (tertiary/aromatic N) is 1. The van der Waals surface area contributed by atoms with Crippen LogP contribution in [0.4, 0.5) is 0 Å². The van der Waals surface area contributed by atoms with Crippen LogP contribution >= 0.6 is 0 Å². The van der Waals surface area contributed by atoms with Gasteiger partial charge in [0.05, 0.1) is 11.5 Å². The normalized spacial score (nSPS) is 29.3. The summed E-state index contributed by atoms with van der Waals surface area (Å²) in [5.41, 5.74) is 5.84. The van der Waals surface area contributed by atoms with Crippen LogP contribution in [0.25, 0.3) is 0 Å². The fourth-order valence-corrected chi connectivity index (χ4v) is 3.74. The molecule has 0 amide bonds. The van der Waals surface area contributed by atoms with E-state index in [4.69, 9.17) is 5.73 Å². The zero-order valence-electron chi connectivity index (χ0n) is 9.86. The van der Waals surface area contributed by atoms with E-state index in [1.165, 1.54) is 0 Å². The molecule has 2 atom stereocenters. The molecule has 0 aromatic heterocycles. The zero-order valence-corrected chi connectivity index (χ0v) is 10.7. The number of sulfone groups is 1. The lowest BCUT2D eigenvalue weighted by Crippen LogP contribution is -2.49. The molecule has 1 rings (SSSR count). The molecule has 0 aliphatic carbocycles. The molecule has 5 heteroatoms. The fraction of sp³-hybridized carbons (Fsp3) is 1.00. The van der Waals surface area contributed by atoms with Crippen molar-refractivity contribution in [2.24, 2.45) is 5.73 Å². The molecule has 15 heavy (non-hydrogen) atoms. The van der Waals surface area contributed by atoms with Crippen LogP contribution < -0.4 is 5.73 Å². The van der Waals surface area contributed by atoms with Crippen molar-refractivity contribution in [3.8, 4) is 0 Å². The Morgan fingerprint density at radius 2 is 2.13 bits per heavy atom. The van der Waals surface area contributed by atoms with Crippen LogP contribution in [0.5, 0.6) is 0 Å². The van der Waals surface area contributed by atoms with Gasteiger partial charge in [-0.15, -0.1) is 0 Å². The molecule has 1 heterocycles. The number of hydrogen-bond acceptors (Lipinski definition) is 4. The average molecular weight is 234 g/mol. The lowest BCUT2D eigenvalue weighted by Gasteiger charge is -2.32. The van der Waals surface area contributed by atoms with E-state index < -0.39 is 9.84 Å². The second-order valence-electron chi connectivity index (χ2n) is 4.98. The Labute approximate surface area is 92.7 Å². The Morgan fingerprint density at radius 1 is 1.53 bits per heavy atom. The van der Waals surface area contributed by atoms with Crippen LogP contribution in [0.15, 0.2) is 0 Å². The van der Waals surface area contributed by atoms with Crippen molar-refractivity contribution in [1.29, 1.82) is 0 Å². The zero-order chi connectivity index (χ0) is 11.7. The minimum absolute atomic E-state index is 0.157. The standard InChI is InChI=1S/C10H22N2O2S/c1-4-10(2,11)8-12(3)9-5-6-15(13,14)7-9/h9H,4-8,11H2,1-3H3. The summed E-state index contributed by atoms with van der Waals surface area (Å²) < 4.78 is 22.6. The topological polar surface area (TPSA) is 63.4 Å². The highest BCUT2D eigenvalue weighted by molar-refractivity contribution is 7.91. The van der Waals surface area contributed by atoms with Gasteiger partial charge in [-0.1, -0.05) is 6.92 Å². The maximum Gasteiger partial charge on any atom is 0.151 e. The number of likely N-dealkylation sites (N-methyl/N-ethyl adjacent to an activating group) is 1. The lowest BCUT2D eigenvalue weighted by atomic mass is 9.99. The van der Waals surface area contributed by atoms with Crippen LogP contribution in [-0.2, 0) is 9.84 Å². The fourth-order valence-electron chi connectivity index (χ4n) is 1.93. The average Bonchev–Trinajstić information content (AvgIpc) is 2.45. The summed E-state index contributed by atoms with van der Waals surface area (Å²) in [4.78, 5) is 2.09. The summed E-state index contributed by atoms with van der Waals surface area (Å²) in [6.45, 7) is 4.82. The molecule has 1 aliphatic heterocycles. The highest BCUT2D eigenvalue weighted by Gasteiger charge is 2.32. The Bertz CT molecular complexity index is 311. The van der Waals surface area contributed by atoms with E-state index in [0.29, 0.717) is 11.5 Å². The molecule has 0 aromatic rings. The Balaban J connectivity index is 2.53. The maximum absolute atomic E-state index is 11.3. The van der Waals surface area contributed by atoms with Gasteiger partial charge in [-0.05, 0) is 26.8 Å². The van der Waals surface area contributed by atoms with Gasteiger partial charge in [0.15, 0.2) is 9.84 Å². The molecule has 0 saturated carbocycles. The number of nitrogens with two attached hydrogens (primary N) is 1. The summed E-state index contributed by atoms with van der Waals surface area (Å²) in [6.07, 6.45) is 1.65. The third-order valence-electron chi connectivity index (χ3n) is 3.25. The molecule has 1 fully saturated rings. The molecule has 1 saturated heterocycles. The third kappa shape index (κ3) is 3.74. The molecule has 4 nitrogen and oxygen atoms in total. The van der Waals surface area contributed by atoms with Crippen molar-refractivity contribution < 1.29 is 8.42 Å². The Kier molecular flexibility index (Phi) is 3.79. The summed E-state index contributed by atoms with van der Waals surface area (Å²) in [7, 11) is -0.821. The van der Waals surface area contributed by atoms with E-state index in [-0.39, 0.29) is 11.6 Å². The second-order valence-corrected chi connectivity index (χ2v) is 7.21. The quantitative estimate of drug-likeness (QED) is 0.756. The van der Waals surface area contributed by atoms with Crippen LogP contribution in [0.1, 0.15) is 26.7 Å². The van der Waals surface area contributed by atoms with Crippen molar-refractivity contribution in [1.82, 2.24) is 4.90 Å². The van der Waals surface area contributed by atoms with Gasteiger partial charge in [-0.3, -0.25) is 0 Å². The molecular weight excluding hydrogens is 212 g/mol. The third-order valence-corrected chi connectivity index (χ3v) is 5.00. The molecule has 0 radical (unpaired) electrons. The highest BCUT2D eigenvalue weighted by atomic mass is 32.2. The van der Waals surface area contributed by atoms with Crippen LogP contribution in [0, 0.1) is 0 Å². The van der Waals surface area contributed by atoms with Gasteiger partial charge >= 0.3 is 0 Å². The van der Waals surface area contributed by atoms with Crippen LogP contribution in [0.3, 0.4) is 0 Å². The van der Waals surface area contributed by atoms with E-state index in [2.05, 4.69) is 11.8 Å². The van der Waals surface area contributed by atoms with Gasteiger partial charge in [-0.2, -0.15) is 0 Å². The largest absolute Gasteiger partial charge is 0.324 e. The molecule has 90 valence electrons. The van der Waals surface area contributed by atoms with Gasteiger partial charge in [0, 0.05) is 18.1 Å². The first kappa shape index (κ1) is 12.9. The van der Waals surface area contributed by atoms with E-state index in [1.807, 2.05) is 14.0 Å². The molecule has 2 N–H and O–H groups in total. The molecular formula is C10H22N2O2S. The van der Waals surface area contributed by atoms with Crippen molar-refractivity contribution in [2.45, 2.75) is 38.3 Å². The lowest BCUT2D eigenvalue weighted by molar-refractivity contribution is 0.205. The van der Waals surface area contributed by atoms with Crippen molar-refractivity contribution in [3.05, 3.63) is 0 Å². The number of rotatable bonds is 4. The van der Waals surface area contributed by atoms with Gasteiger partial charge < -0.3 is 10.6 Å². The maximum atomic E-state index is 11.3. The smallest absolute Gasteiger partial charge is 0.151 e. The van der Waals surface area contributed by atoms with E-state index >= 15 is 0 Å². The molecule has 2 unspecified atom stereocenters. The first-order valence-corrected chi connectivity index (χ1v) is 7.27. The predicted octanol–water partition coefficient (Wildman–Crippen LogP) is 0.233. The monoisotopic (exact) mass is 234 g/mol. The summed E-state index contributed by atoms with van der Waals surface area (Å²) in [5, 5.41) is 0. The van der Waals surface area contributed by atoms with Crippen LogP contribution in [0.2, 0.25) is 0 Å². The van der Waals surface area contributed by atoms with Crippen molar-refractivity contribution in [2.75, 3.05) is 25.1 Å². The van der Waals surface area contributed by atoms with E-state index in [9.17, 15) is 8.42 Å². The molecule has 0 aromatic carbocycles. The van der Waals surface area contributed by atoms with Crippen molar-refractivity contribution >= 4 is 9.84 Å². The Morgan fingerprint density at radius 3 is 2.53 bits per heavy atom. The van der Waals surface area contributed by atoms with E-state index in [0.717, 1.165) is 19.4 Å². The second kappa shape index (κ2) is 4.39.